The summed E-state index contributed by atoms with van der Waals surface area (Å²) in [5.74, 6) is 0. The SMILES string of the molecule is O[C@@H]1C[C@@H]2CN(Cc3ccccc3)CC3(CN(Cc4cccnc4)C3)N2C1. The molecule has 0 aliphatic carbocycles. The van der Waals surface area contributed by atoms with Crippen molar-refractivity contribution in [2.45, 2.75) is 37.2 Å². The molecule has 5 rings (SSSR count). The van der Waals surface area contributed by atoms with Crippen molar-refractivity contribution < 1.29 is 5.11 Å². The first-order valence-corrected chi connectivity index (χ1v) is 10.0. The van der Waals surface area contributed by atoms with Crippen molar-refractivity contribution in [3.8, 4) is 0 Å². The summed E-state index contributed by atoms with van der Waals surface area (Å²) in [5.41, 5.74) is 2.85. The van der Waals surface area contributed by atoms with E-state index >= 15 is 0 Å². The Balaban J connectivity index is 1.30. The molecule has 2 aromatic rings. The first-order chi connectivity index (χ1) is 13.2. The number of pyridine rings is 1. The Labute approximate surface area is 161 Å². The van der Waals surface area contributed by atoms with Crippen LogP contribution in [0.15, 0.2) is 54.9 Å². The summed E-state index contributed by atoms with van der Waals surface area (Å²) in [6, 6.07) is 15.4. The van der Waals surface area contributed by atoms with Crippen molar-refractivity contribution in [2.24, 2.45) is 0 Å². The molecule has 1 spiro atoms. The lowest BCUT2D eigenvalue weighted by Crippen LogP contribution is -2.77. The van der Waals surface area contributed by atoms with Gasteiger partial charge in [0, 0.05) is 64.2 Å². The third kappa shape index (κ3) is 3.41. The predicted molar refractivity (Wildman–Crippen MR) is 105 cm³/mol. The van der Waals surface area contributed by atoms with Crippen LogP contribution >= 0.6 is 0 Å². The normalized spacial score (nSPS) is 28.2. The molecule has 142 valence electrons. The van der Waals surface area contributed by atoms with Gasteiger partial charge in [0.05, 0.1) is 11.6 Å². The highest BCUT2D eigenvalue weighted by molar-refractivity contribution is 5.18. The summed E-state index contributed by atoms with van der Waals surface area (Å²) in [5, 5.41) is 10.3. The minimum absolute atomic E-state index is 0.170. The molecule has 27 heavy (non-hydrogen) atoms. The maximum Gasteiger partial charge on any atom is 0.0682 e. The van der Waals surface area contributed by atoms with Crippen LogP contribution in [-0.2, 0) is 13.1 Å². The lowest BCUT2D eigenvalue weighted by molar-refractivity contribution is -0.118. The average molecular weight is 364 g/mol. The molecule has 0 amide bonds. The number of likely N-dealkylation sites (tertiary alicyclic amines) is 1. The third-order valence-corrected chi connectivity index (χ3v) is 6.40. The van der Waals surface area contributed by atoms with Gasteiger partial charge in [-0.15, -0.1) is 0 Å². The summed E-state index contributed by atoms with van der Waals surface area (Å²) in [7, 11) is 0. The second-order valence-corrected chi connectivity index (χ2v) is 8.58. The third-order valence-electron chi connectivity index (χ3n) is 6.40. The van der Waals surface area contributed by atoms with Crippen LogP contribution in [0, 0.1) is 0 Å². The zero-order valence-electron chi connectivity index (χ0n) is 15.7. The van der Waals surface area contributed by atoms with Crippen LogP contribution in [0.2, 0.25) is 0 Å². The van der Waals surface area contributed by atoms with Crippen molar-refractivity contribution in [3.05, 3.63) is 66.0 Å². The van der Waals surface area contributed by atoms with E-state index in [1.807, 2.05) is 18.5 Å². The van der Waals surface area contributed by atoms with Crippen LogP contribution in [0.3, 0.4) is 0 Å². The highest BCUT2D eigenvalue weighted by Crippen LogP contribution is 2.39. The van der Waals surface area contributed by atoms with E-state index in [1.54, 1.807) is 0 Å². The molecular weight excluding hydrogens is 336 g/mol. The second-order valence-electron chi connectivity index (χ2n) is 8.58. The van der Waals surface area contributed by atoms with Crippen molar-refractivity contribution in [2.75, 3.05) is 32.7 Å². The maximum atomic E-state index is 10.3. The molecule has 1 aromatic carbocycles. The molecule has 5 heteroatoms. The number of benzene rings is 1. The molecule has 3 saturated heterocycles. The molecule has 2 atom stereocenters. The van der Waals surface area contributed by atoms with Gasteiger partial charge in [-0.05, 0) is 23.6 Å². The molecule has 0 bridgehead atoms. The van der Waals surface area contributed by atoms with Crippen molar-refractivity contribution in [1.29, 1.82) is 0 Å². The smallest absolute Gasteiger partial charge is 0.0682 e. The van der Waals surface area contributed by atoms with E-state index in [0.29, 0.717) is 6.04 Å². The summed E-state index contributed by atoms with van der Waals surface area (Å²) >= 11 is 0. The molecule has 3 fully saturated rings. The molecule has 0 unspecified atom stereocenters. The number of aliphatic hydroxyl groups is 1. The monoisotopic (exact) mass is 364 g/mol. The number of β-amino-alcohol motifs (C(OH)–C–C–N with tert-alkyl or cyclic N) is 1. The van der Waals surface area contributed by atoms with Gasteiger partial charge in [-0.1, -0.05) is 36.4 Å². The van der Waals surface area contributed by atoms with E-state index in [0.717, 1.165) is 52.2 Å². The molecule has 4 heterocycles. The van der Waals surface area contributed by atoms with Crippen LogP contribution < -0.4 is 0 Å². The Kier molecular flexibility index (Phi) is 4.48. The van der Waals surface area contributed by atoms with E-state index in [-0.39, 0.29) is 11.6 Å². The van der Waals surface area contributed by atoms with Gasteiger partial charge in [0.1, 0.15) is 0 Å². The number of rotatable bonds is 4. The zero-order chi connectivity index (χ0) is 18.3. The topological polar surface area (TPSA) is 42.8 Å². The summed E-state index contributed by atoms with van der Waals surface area (Å²) < 4.78 is 0. The summed E-state index contributed by atoms with van der Waals surface area (Å²) in [4.78, 5) is 12.0. The lowest BCUT2D eigenvalue weighted by atomic mass is 9.83. The van der Waals surface area contributed by atoms with Crippen LogP contribution in [0.25, 0.3) is 0 Å². The van der Waals surface area contributed by atoms with Gasteiger partial charge in [0.15, 0.2) is 0 Å². The molecular formula is C22H28N4O. The maximum absolute atomic E-state index is 10.3. The number of fused-ring (bicyclic) bond motifs is 2. The predicted octanol–water partition coefficient (Wildman–Crippen LogP) is 1.59. The van der Waals surface area contributed by atoms with Gasteiger partial charge in [0.2, 0.25) is 0 Å². The summed E-state index contributed by atoms with van der Waals surface area (Å²) in [6.07, 6.45) is 4.54. The first-order valence-electron chi connectivity index (χ1n) is 10.0. The standard InChI is InChI=1S/C22H28N4O/c27-21-9-20-13-24(11-18-5-2-1-3-6-18)15-22(26(20)14-21)16-25(17-22)12-19-7-4-8-23-10-19/h1-8,10,20-21,27H,9,11-17H2/t20-,21-/m1/s1. The van der Waals surface area contributed by atoms with E-state index in [9.17, 15) is 5.11 Å². The summed E-state index contributed by atoms with van der Waals surface area (Å²) in [6.45, 7) is 7.13. The minimum atomic E-state index is -0.170. The molecule has 1 aromatic heterocycles. The van der Waals surface area contributed by atoms with Crippen LogP contribution in [0.5, 0.6) is 0 Å². The fourth-order valence-electron chi connectivity index (χ4n) is 5.41. The largest absolute Gasteiger partial charge is 0.392 e. The zero-order valence-corrected chi connectivity index (χ0v) is 15.7. The number of aromatic nitrogens is 1. The van der Waals surface area contributed by atoms with Crippen LogP contribution in [0.4, 0.5) is 0 Å². The number of piperazine rings is 1. The molecule has 0 saturated carbocycles. The highest BCUT2D eigenvalue weighted by atomic mass is 16.3. The van der Waals surface area contributed by atoms with E-state index in [2.05, 4.69) is 56.1 Å². The lowest BCUT2D eigenvalue weighted by Gasteiger charge is -2.61. The molecule has 1 N–H and O–H groups in total. The van der Waals surface area contributed by atoms with Crippen LogP contribution in [0.1, 0.15) is 17.5 Å². The van der Waals surface area contributed by atoms with Gasteiger partial charge in [0.25, 0.3) is 0 Å². The fraction of sp³-hybridized carbons (Fsp3) is 0.500. The van der Waals surface area contributed by atoms with Gasteiger partial charge < -0.3 is 5.11 Å². The molecule has 3 aliphatic heterocycles. The van der Waals surface area contributed by atoms with Gasteiger partial charge in [-0.25, -0.2) is 0 Å². The molecule has 0 radical (unpaired) electrons. The fourth-order valence-corrected chi connectivity index (χ4v) is 5.41. The highest BCUT2D eigenvalue weighted by Gasteiger charge is 2.55. The number of hydrogen-bond donors (Lipinski definition) is 1. The van der Waals surface area contributed by atoms with Gasteiger partial charge in [-0.2, -0.15) is 0 Å². The number of hydrogen-bond acceptors (Lipinski definition) is 5. The van der Waals surface area contributed by atoms with Crippen molar-refractivity contribution in [1.82, 2.24) is 19.7 Å². The Morgan fingerprint density at radius 3 is 2.44 bits per heavy atom. The Hall–Kier alpha value is -1.79. The quantitative estimate of drug-likeness (QED) is 0.892. The van der Waals surface area contributed by atoms with Crippen molar-refractivity contribution >= 4 is 0 Å². The average Bonchev–Trinajstić information content (AvgIpc) is 3.03. The Bertz CT molecular complexity index is 762. The van der Waals surface area contributed by atoms with E-state index in [4.69, 9.17) is 0 Å². The minimum Gasteiger partial charge on any atom is -0.392 e. The van der Waals surface area contributed by atoms with Crippen molar-refractivity contribution in [3.63, 3.8) is 0 Å². The first kappa shape index (κ1) is 17.3. The second kappa shape index (κ2) is 6.99. The van der Waals surface area contributed by atoms with E-state index < -0.39 is 0 Å². The number of nitrogens with zero attached hydrogens (tertiary/aromatic N) is 4. The molecule has 5 nitrogen and oxygen atoms in total. The van der Waals surface area contributed by atoms with Gasteiger partial charge >= 0.3 is 0 Å². The van der Waals surface area contributed by atoms with E-state index in [1.165, 1.54) is 11.1 Å². The van der Waals surface area contributed by atoms with Gasteiger partial charge in [-0.3, -0.25) is 19.7 Å². The number of aliphatic hydroxyl groups excluding tert-OH is 1. The Morgan fingerprint density at radius 1 is 0.926 bits per heavy atom. The van der Waals surface area contributed by atoms with Crippen LogP contribution in [-0.4, -0.2) is 75.2 Å². The molecule has 3 aliphatic rings. The Morgan fingerprint density at radius 2 is 1.67 bits per heavy atom.